The number of amides is 1. The molecule has 35 heavy (non-hydrogen) atoms. The summed E-state index contributed by atoms with van der Waals surface area (Å²) in [6.45, 7) is 5.88. The SMILES string of the molecule is CCOc1cc(/C(O)=C2\C(=O)C(=O)N(c3nc4ccc(C)cc4[nH]3)C2c2ccc(C)o2)ccc1Cl. The Balaban J connectivity index is 1.70. The van der Waals surface area contributed by atoms with Crippen LogP contribution in [0.2, 0.25) is 5.02 Å². The number of carbonyl (C=O) groups is 2. The molecule has 1 unspecified atom stereocenters. The van der Waals surface area contributed by atoms with Crippen molar-refractivity contribution in [3.05, 3.63) is 81.8 Å². The number of aromatic nitrogens is 2. The summed E-state index contributed by atoms with van der Waals surface area (Å²) in [6, 6.07) is 12.7. The molecule has 0 bridgehead atoms. The van der Waals surface area contributed by atoms with Gasteiger partial charge in [0.2, 0.25) is 5.95 Å². The first-order valence-corrected chi connectivity index (χ1v) is 11.4. The average molecular weight is 492 g/mol. The van der Waals surface area contributed by atoms with Gasteiger partial charge in [0.1, 0.15) is 29.1 Å². The highest BCUT2D eigenvalue weighted by molar-refractivity contribution is 6.51. The predicted molar refractivity (Wildman–Crippen MR) is 132 cm³/mol. The fourth-order valence-corrected chi connectivity index (χ4v) is 4.39. The van der Waals surface area contributed by atoms with Gasteiger partial charge in [0, 0.05) is 5.56 Å². The second kappa shape index (κ2) is 8.63. The number of furan rings is 1. The van der Waals surface area contributed by atoms with Crippen LogP contribution in [-0.2, 0) is 9.59 Å². The Bertz CT molecular complexity index is 1520. The number of hydrogen-bond donors (Lipinski definition) is 2. The highest BCUT2D eigenvalue weighted by atomic mass is 35.5. The van der Waals surface area contributed by atoms with Crippen LogP contribution in [0.1, 0.15) is 35.6 Å². The van der Waals surface area contributed by atoms with E-state index < -0.39 is 17.7 Å². The summed E-state index contributed by atoms with van der Waals surface area (Å²) >= 11 is 6.19. The Kier molecular flexibility index (Phi) is 5.61. The van der Waals surface area contributed by atoms with E-state index in [0.29, 0.717) is 34.4 Å². The predicted octanol–water partition coefficient (Wildman–Crippen LogP) is 5.45. The lowest BCUT2D eigenvalue weighted by molar-refractivity contribution is -0.132. The van der Waals surface area contributed by atoms with Crippen LogP contribution in [0.4, 0.5) is 5.95 Å². The maximum atomic E-state index is 13.3. The summed E-state index contributed by atoms with van der Waals surface area (Å²) < 4.78 is 11.4. The number of hydrogen-bond acceptors (Lipinski definition) is 6. The zero-order valence-corrected chi connectivity index (χ0v) is 20.0. The van der Waals surface area contributed by atoms with Gasteiger partial charge >= 0.3 is 5.91 Å². The molecule has 2 N–H and O–H groups in total. The van der Waals surface area contributed by atoms with Crippen molar-refractivity contribution < 1.29 is 23.8 Å². The van der Waals surface area contributed by atoms with E-state index in [2.05, 4.69) is 9.97 Å². The Morgan fingerprint density at radius 2 is 1.97 bits per heavy atom. The van der Waals surface area contributed by atoms with E-state index in [0.717, 1.165) is 11.1 Å². The van der Waals surface area contributed by atoms with Crippen molar-refractivity contribution in [2.75, 3.05) is 11.5 Å². The summed E-state index contributed by atoms with van der Waals surface area (Å²) in [5.74, 6) is -0.613. The third-order valence-corrected chi connectivity index (χ3v) is 6.14. The lowest BCUT2D eigenvalue weighted by Crippen LogP contribution is -2.30. The average Bonchev–Trinajstić information content (AvgIpc) is 3.51. The molecule has 5 rings (SSSR count). The Morgan fingerprint density at radius 1 is 1.17 bits per heavy atom. The van der Waals surface area contributed by atoms with Crippen molar-refractivity contribution in [3.63, 3.8) is 0 Å². The molecule has 1 saturated heterocycles. The van der Waals surface area contributed by atoms with Gasteiger partial charge in [-0.3, -0.25) is 14.5 Å². The lowest BCUT2D eigenvalue weighted by atomic mass is 9.99. The molecule has 4 aromatic rings. The highest BCUT2D eigenvalue weighted by Crippen LogP contribution is 2.43. The number of rotatable bonds is 5. The number of halogens is 1. The molecule has 1 aliphatic rings. The van der Waals surface area contributed by atoms with Gasteiger partial charge in [-0.25, -0.2) is 4.98 Å². The minimum Gasteiger partial charge on any atom is -0.507 e. The van der Waals surface area contributed by atoms with Crippen molar-refractivity contribution in [2.24, 2.45) is 0 Å². The van der Waals surface area contributed by atoms with Gasteiger partial charge in [-0.15, -0.1) is 0 Å². The number of aromatic amines is 1. The molecule has 0 saturated carbocycles. The van der Waals surface area contributed by atoms with Crippen molar-refractivity contribution in [1.82, 2.24) is 9.97 Å². The molecule has 3 heterocycles. The third kappa shape index (κ3) is 3.85. The maximum Gasteiger partial charge on any atom is 0.302 e. The number of ether oxygens (including phenoxy) is 1. The van der Waals surface area contributed by atoms with Crippen LogP contribution in [0.5, 0.6) is 5.75 Å². The molecule has 1 atom stereocenters. The molecular formula is C26H22ClN3O5. The van der Waals surface area contributed by atoms with E-state index >= 15 is 0 Å². The standard InChI is InChI=1S/C26H22ClN3O5/c1-4-34-20-12-15(7-8-16(20)27)23(31)21-22(19-10-6-14(3)35-19)30(25(33)24(21)32)26-28-17-9-5-13(2)11-18(17)29-26/h5-12,22,31H,4H2,1-3H3,(H,28,29)/b23-21+. The van der Waals surface area contributed by atoms with Gasteiger partial charge in [-0.1, -0.05) is 17.7 Å². The van der Waals surface area contributed by atoms with E-state index in [-0.39, 0.29) is 22.8 Å². The normalized spacial score (nSPS) is 17.5. The quantitative estimate of drug-likeness (QED) is 0.218. The smallest absolute Gasteiger partial charge is 0.302 e. The molecule has 0 aliphatic carbocycles. The van der Waals surface area contributed by atoms with Crippen LogP contribution < -0.4 is 9.64 Å². The van der Waals surface area contributed by atoms with Crippen molar-refractivity contribution in [2.45, 2.75) is 26.8 Å². The number of ketones is 1. The number of nitrogens with one attached hydrogen (secondary N) is 1. The lowest BCUT2D eigenvalue weighted by Gasteiger charge is -2.20. The number of aliphatic hydroxyl groups is 1. The number of carbonyl (C=O) groups excluding carboxylic acids is 2. The number of H-pyrrole nitrogens is 1. The Hall–Kier alpha value is -4.04. The van der Waals surface area contributed by atoms with Gasteiger partial charge in [0.15, 0.2) is 0 Å². The molecule has 1 fully saturated rings. The first kappa shape index (κ1) is 22.7. The summed E-state index contributed by atoms with van der Waals surface area (Å²) in [5.41, 5.74) is 2.53. The number of benzene rings is 2. The van der Waals surface area contributed by atoms with Crippen LogP contribution in [0.15, 0.2) is 58.5 Å². The summed E-state index contributed by atoms with van der Waals surface area (Å²) in [4.78, 5) is 35.5. The molecule has 1 aliphatic heterocycles. The summed E-state index contributed by atoms with van der Waals surface area (Å²) in [6.07, 6.45) is 0. The number of aryl methyl sites for hydroxylation is 2. The molecule has 0 radical (unpaired) electrons. The van der Waals surface area contributed by atoms with Gasteiger partial charge < -0.3 is 19.2 Å². The van der Waals surface area contributed by atoms with Gasteiger partial charge in [-0.2, -0.15) is 0 Å². The van der Waals surface area contributed by atoms with Gasteiger partial charge in [0.05, 0.1) is 28.2 Å². The number of Topliss-reactive ketones (excluding diaryl/α,β-unsaturated/α-hetero) is 1. The molecule has 8 nitrogen and oxygen atoms in total. The van der Waals surface area contributed by atoms with Crippen LogP contribution >= 0.6 is 11.6 Å². The molecule has 9 heteroatoms. The molecular weight excluding hydrogens is 470 g/mol. The fourth-order valence-electron chi connectivity index (χ4n) is 4.22. The minimum atomic E-state index is -1.03. The molecule has 178 valence electrons. The van der Waals surface area contributed by atoms with E-state index in [1.54, 1.807) is 31.2 Å². The summed E-state index contributed by atoms with van der Waals surface area (Å²) in [5, 5.41) is 11.6. The van der Waals surface area contributed by atoms with Crippen LogP contribution in [0.3, 0.4) is 0 Å². The molecule has 1 amide bonds. The van der Waals surface area contributed by atoms with E-state index in [1.807, 2.05) is 32.0 Å². The maximum absolute atomic E-state index is 13.3. The molecule has 2 aromatic carbocycles. The number of fused-ring (bicyclic) bond motifs is 1. The minimum absolute atomic E-state index is 0.120. The highest BCUT2D eigenvalue weighted by Gasteiger charge is 2.49. The van der Waals surface area contributed by atoms with Gasteiger partial charge in [0.25, 0.3) is 5.78 Å². The number of nitrogens with zero attached hydrogens (tertiary/aromatic N) is 2. The monoisotopic (exact) mass is 491 g/mol. The zero-order chi connectivity index (χ0) is 24.9. The topological polar surface area (TPSA) is 109 Å². The second-order valence-electron chi connectivity index (χ2n) is 8.28. The van der Waals surface area contributed by atoms with Crippen LogP contribution in [0, 0.1) is 13.8 Å². The van der Waals surface area contributed by atoms with Crippen molar-refractivity contribution in [3.8, 4) is 5.75 Å². The van der Waals surface area contributed by atoms with Crippen LogP contribution in [-0.4, -0.2) is 33.4 Å². The Labute approximate surface area is 205 Å². The summed E-state index contributed by atoms with van der Waals surface area (Å²) in [7, 11) is 0. The Morgan fingerprint density at radius 3 is 2.69 bits per heavy atom. The number of anilines is 1. The molecule has 2 aromatic heterocycles. The van der Waals surface area contributed by atoms with E-state index in [1.165, 1.54) is 11.0 Å². The van der Waals surface area contributed by atoms with E-state index in [9.17, 15) is 14.7 Å². The van der Waals surface area contributed by atoms with Gasteiger partial charge in [-0.05, 0) is 68.8 Å². The third-order valence-electron chi connectivity index (χ3n) is 5.83. The fraction of sp³-hybridized carbons (Fsp3) is 0.192. The first-order valence-electron chi connectivity index (χ1n) is 11.0. The molecule has 0 spiro atoms. The largest absolute Gasteiger partial charge is 0.507 e. The zero-order valence-electron chi connectivity index (χ0n) is 19.3. The van der Waals surface area contributed by atoms with Crippen LogP contribution in [0.25, 0.3) is 16.8 Å². The van der Waals surface area contributed by atoms with Crippen molar-refractivity contribution >= 4 is 46.0 Å². The number of aliphatic hydroxyl groups excluding tert-OH is 1. The van der Waals surface area contributed by atoms with E-state index in [4.69, 9.17) is 20.8 Å². The first-order chi connectivity index (χ1) is 16.8. The number of imidazole rings is 1. The van der Waals surface area contributed by atoms with Crippen molar-refractivity contribution in [1.29, 1.82) is 0 Å². The second-order valence-corrected chi connectivity index (χ2v) is 8.68.